The van der Waals surface area contributed by atoms with Gasteiger partial charge < -0.3 is 14.8 Å². The molecular weight excluding hydrogens is 216 g/mol. The Morgan fingerprint density at radius 1 is 1.35 bits per heavy atom. The van der Waals surface area contributed by atoms with Crippen LogP contribution in [0.15, 0.2) is 12.4 Å². The van der Waals surface area contributed by atoms with E-state index in [1.165, 1.54) is 12.8 Å². The van der Waals surface area contributed by atoms with E-state index in [1.54, 1.807) is 6.20 Å². The predicted molar refractivity (Wildman–Crippen MR) is 63.4 cm³/mol. The second-order valence-corrected chi connectivity index (χ2v) is 4.89. The molecular formula is C12H18N4O. The summed E-state index contributed by atoms with van der Waals surface area (Å²) in [5, 5.41) is 3.12. The number of amides is 2. The van der Waals surface area contributed by atoms with Crippen LogP contribution in [0.2, 0.25) is 0 Å². The smallest absolute Gasteiger partial charge is 0.318 e. The Kier molecular flexibility index (Phi) is 2.74. The molecule has 0 bridgehead atoms. The normalized spacial score (nSPS) is 20.4. The Morgan fingerprint density at radius 2 is 2.18 bits per heavy atom. The molecule has 17 heavy (non-hydrogen) atoms. The number of nitrogens with one attached hydrogen (secondary N) is 1. The Morgan fingerprint density at radius 3 is 3.00 bits per heavy atom. The number of hydrogen-bond acceptors (Lipinski definition) is 2. The molecule has 1 aromatic heterocycles. The minimum Gasteiger partial charge on any atom is -0.335 e. The first-order valence-corrected chi connectivity index (χ1v) is 6.38. The van der Waals surface area contributed by atoms with E-state index in [0.29, 0.717) is 12.6 Å². The second kappa shape index (κ2) is 4.39. The molecule has 0 aromatic carbocycles. The van der Waals surface area contributed by atoms with Gasteiger partial charge in [-0.05, 0) is 12.8 Å². The molecule has 2 aliphatic rings. The van der Waals surface area contributed by atoms with Gasteiger partial charge in [0.1, 0.15) is 5.82 Å². The number of urea groups is 1. The summed E-state index contributed by atoms with van der Waals surface area (Å²) in [6.45, 7) is 2.26. The lowest BCUT2D eigenvalue weighted by Crippen LogP contribution is -2.47. The van der Waals surface area contributed by atoms with Crippen molar-refractivity contribution in [1.29, 1.82) is 0 Å². The largest absolute Gasteiger partial charge is 0.335 e. The number of carbonyl (C=O) groups is 1. The van der Waals surface area contributed by atoms with Crippen LogP contribution >= 0.6 is 0 Å². The van der Waals surface area contributed by atoms with Gasteiger partial charge in [0, 0.05) is 31.5 Å². The fourth-order valence-corrected chi connectivity index (χ4v) is 2.68. The molecule has 1 aliphatic heterocycles. The summed E-state index contributed by atoms with van der Waals surface area (Å²) in [5.41, 5.74) is 0. The van der Waals surface area contributed by atoms with Gasteiger partial charge in [0.2, 0.25) is 0 Å². The fraction of sp³-hybridized carbons (Fsp3) is 0.667. The Bertz CT molecular complexity index is 408. The first-order chi connectivity index (χ1) is 8.33. The van der Waals surface area contributed by atoms with E-state index in [1.807, 2.05) is 11.1 Å². The van der Waals surface area contributed by atoms with Gasteiger partial charge in [-0.15, -0.1) is 0 Å². The standard InChI is InChI=1S/C12H18N4O/c17-12(14-10-3-1-2-4-10)16-8-7-15-6-5-13-11(15)9-16/h5-6,10H,1-4,7-9H2,(H,14,17). The highest BCUT2D eigenvalue weighted by atomic mass is 16.2. The molecule has 0 radical (unpaired) electrons. The van der Waals surface area contributed by atoms with Crippen molar-refractivity contribution in [2.75, 3.05) is 6.54 Å². The van der Waals surface area contributed by atoms with Crippen molar-refractivity contribution in [3.05, 3.63) is 18.2 Å². The average Bonchev–Trinajstić information content (AvgIpc) is 2.97. The molecule has 92 valence electrons. The molecule has 5 nitrogen and oxygen atoms in total. The van der Waals surface area contributed by atoms with Crippen molar-refractivity contribution >= 4 is 6.03 Å². The lowest BCUT2D eigenvalue weighted by molar-refractivity contribution is 0.178. The van der Waals surface area contributed by atoms with Gasteiger partial charge in [0.15, 0.2) is 0 Å². The molecule has 3 rings (SSSR count). The average molecular weight is 234 g/mol. The summed E-state index contributed by atoms with van der Waals surface area (Å²) in [6, 6.07) is 0.468. The van der Waals surface area contributed by atoms with E-state index in [2.05, 4.69) is 14.9 Å². The van der Waals surface area contributed by atoms with Crippen LogP contribution in [0.25, 0.3) is 0 Å². The third-order valence-corrected chi connectivity index (χ3v) is 3.71. The number of imidazole rings is 1. The summed E-state index contributed by atoms with van der Waals surface area (Å²) in [5.74, 6) is 0.984. The van der Waals surface area contributed by atoms with Crippen LogP contribution in [0.1, 0.15) is 31.5 Å². The third kappa shape index (κ3) is 2.14. The minimum absolute atomic E-state index is 0.0751. The summed E-state index contributed by atoms with van der Waals surface area (Å²) in [6.07, 6.45) is 8.53. The summed E-state index contributed by atoms with van der Waals surface area (Å²) < 4.78 is 2.11. The van der Waals surface area contributed by atoms with Gasteiger partial charge in [0.25, 0.3) is 0 Å². The molecule has 2 amide bonds. The summed E-state index contributed by atoms with van der Waals surface area (Å²) in [4.78, 5) is 18.2. The highest BCUT2D eigenvalue weighted by Crippen LogP contribution is 2.18. The molecule has 1 aliphatic carbocycles. The number of fused-ring (bicyclic) bond motifs is 1. The maximum absolute atomic E-state index is 12.1. The Hall–Kier alpha value is -1.52. The fourth-order valence-electron chi connectivity index (χ4n) is 2.68. The quantitative estimate of drug-likeness (QED) is 0.797. The molecule has 0 saturated heterocycles. The lowest BCUT2D eigenvalue weighted by Gasteiger charge is -2.29. The maximum atomic E-state index is 12.1. The molecule has 1 aromatic rings. The van der Waals surface area contributed by atoms with Gasteiger partial charge in [-0.2, -0.15) is 0 Å². The molecule has 1 saturated carbocycles. The van der Waals surface area contributed by atoms with Crippen LogP contribution in [0, 0.1) is 0 Å². The van der Waals surface area contributed by atoms with Gasteiger partial charge in [0.05, 0.1) is 6.54 Å². The highest BCUT2D eigenvalue weighted by Gasteiger charge is 2.24. The maximum Gasteiger partial charge on any atom is 0.318 e. The third-order valence-electron chi connectivity index (χ3n) is 3.71. The SMILES string of the molecule is O=C(NC1CCCC1)N1CCn2ccnc2C1. The topological polar surface area (TPSA) is 50.2 Å². The zero-order valence-electron chi connectivity index (χ0n) is 9.93. The zero-order chi connectivity index (χ0) is 11.7. The number of carbonyl (C=O) groups excluding carboxylic acids is 1. The lowest BCUT2D eigenvalue weighted by atomic mass is 10.2. The number of aromatic nitrogens is 2. The van der Waals surface area contributed by atoms with Gasteiger partial charge in [-0.25, -0.2) is 9.78 Å². The molecule has 5 heteroatoms. The van der Waals surface area contributed by atoms with Crippen LogP contribution in [0.5, 0.6) is 0 Å². The summed E-state index contributed by atoms with van der Waals surface area (Å²) >= 11 is 0. The first-order valence-electron chi connectivity index (χ1n) is 6.38. The zero-order valence-corrected chi connectivity index (χ0v) is 9.93. The Labute approximate surface area is 101 Å². The molecule has 2 heterocycles. The van der Waals surface area contributed by atoms with E-state index in [4.69, 9.17) is 0 Å². The van der Waals surface area contributed by atoms with Crippen LogP contribution < -0.4 is 5.32 Å². The van der Waals surface area contributed by atoms with E-state index in [0.717, 1.165) is 31.8 Å². The molecule has 0 unspecified atom stereocenters. The number of hydrogen-bond donors (Lipinski definition) is 1. The van der Waals surface area contributed by atoms with Crippen LogP contribution in [-0.2, 0) is 13.1 Å². The van der Waals surface area contributed by atoms with Gasteiger partial charge >= 0.3 is 6.03 Å². The van der Waals surface area contributed by atoms with Crippen LogP contribution in [-0.4, -0.2) is 33.1 Å². The first kappa shape index (κ1) is 10.6. The Balaban J connectivity index is 1.60. The van der Waals surface area contributed by atoms with Gasteiger partial charge in [-0.1, -0.05) is 12.8 Å². The van der Waals surface area contributed by atoms with Crippen molar-refractivity contribution in [3.8, 4) is 0 Å². The highest BCUT2D eigenvalue weighted by molar-refractivity contribution is 5.74. The van der Waals surface area contributed by atoms with E-state index < -0.39 is 0 Å². The van der Waals surface area contributed by atoms with E-state index >= 15 is 0 Å². The van der Waals surface area contributed by atoms with E-state index in [9.17, 15) is 4.79 Å². The monoisotopic (exact) mass is 234 g/mol. The van der Waals surface area contributed by atoms with Crippen molar-refractivity contribution in [2.45, 2.75) is 44.8 Å². The number of nitrogens with zero attached hydrogens (tertiary/aromatic N) is 3. The van der Waals surface area contributed by atoms with Gasteiger partial charge in [-0.3, -0.25) is 0 Å². The number of rotatable bonds is 1. The molecule has 0 atom stereocenters. The molecule has 1 N–H and O–H groups in total. The predicted octanol–water partition coefficient (Wildman–Crippen LogP) is 1.35. The van der Waals surface area contributed by atoms with Crippen LogP contribution in [0.4, 0.5) is 4.79 Å². The van der Waals surface area contributed by atoms with E-state index in [-0.39, 0.29) is 6.03 Å². The molecule has 0 spiro atoms. The summed E-state index contributed by atoms with van der Waals surface area (Å²) in [7, 11) is 0. The van der Waals surface area contributed by atoms with Crippen molar-refractivity contribution < 1.29 is 4.79 Å². The van der Waals surface area contributed by atoms with Crippen molar-refractivity contribution in [1.82, 2.24) is 19.8 Å². The van der Waals surface area contributed by atoms with Crippen molar-refractivity contribution in [3.63, 3.8) is 0 Å². The molecule has 1 fully saturated rings. The van der Waals surface area contributed by atoms with Crippen LogP contribution in [0.3, 0.4) is 0 Å². The second-order valence-electron chi connectivity index (χ2n) is 4.89. The van der Waals surface area contributed by atoms with Crippen molar-refractivity contribution in [2.24, 2.45) is 0 Å². The minimum atomic E-state index is 0.0751.